The van der Waals surface area contributed by atoms with Gasteiger partial charge in [0.2, 0.25) is 6.79 Å². The zero-order valence-corrected chi connectivity index (χ0v) is 13.2. The second-order valence-electron chi connectivity index (χ2n) is 4.53. The third-order valence-corrected chi connectivity index (χ3v) is 5.75. The van der Waals surface area contributed by atoms with Crippen molar-refractivity contribution in [1.82, 2.24) is 4.98 Å². The Labute approximate surface area is 134 Å². The van der Waals surface area contributed by atoms with Crippen molar-refractivity contribution in [1.29, 1.82) is 0 Å². The summed E-state index contributed by atoms with van der Waals surface area (Å²) in [6.07, 6.45) is 0. The van der Waals surface area contributed by atoms with Crippen LogP contribution in [0.3, 0.4) is 0 Å². The molecule has 0 N–H and O–H groups in total. The molecular weight excluding hydrogens is 326 g/mol. The van der Waals surface area contributed by atoms with Gasteiger partial charge in [0.1, 0.15) is 0 Å². The number of thiazole rings is 1. The highest BCUT2D eigenvalue weighted by molar-refractivity contribution is 8.00. The average molecular weight is 336 g/mol. The molecule has 0 saturated heterocycles. The lowest BCUT2D eigenvalue weighted by Crippen LogP contribution is -1.92. The van der Waals surface area contributed by atoms with Crippen molar-refractivity contribution in [2.45, 2.75) is 10.1 Å². The number of hydrogen-bond donors (Lipinski definition) is 0. The minimum atomic E-state index is 0.264. The molecule has 6 heteroatoms. The van der Waals surface area contributed by atoms with Gasteiger partial charge in [-0.05, 0) is 23.8 Å². The molecule has 0 atom stereocenters. The number of halogens is 1. The fraction of sp³-hybridized carbons (Fsp3) is 0.133. The van der Waals surface area contributed by atoms with Crippen LogP contribution in [0.15, 0.2) is 40.7 Å². The van der Waals surface area contributed by atoms with Crippen molar-refractivity contribution in [2.24, 2.45) is 0 Å². The van der Waals surface area contributed by atoms with Gasteiger partial charge in [0, 0.05) is 16.8 Å². The van der Waals surface area contributed by atoms with Gasteiger partial charge in [-0.25, -0.2) is 4.98 Å². The molecule has 1 aliphatic heterocycles. The highest BCUT2D eigenvalue weighted by atomic mass is 35.5. The predicted molar refractivity (Wildman–Crippen MR) is 86.8 cm³/mol. The quantitative estimate of drug-likeness (QED) is 0.632. The molecular formula is C15H10ClNO2S2. The topological polar surface area (TPSA) is 31.4 Å². The zero-order chi connectivity index (χ0) is 14.2. The van der Waals surface area contributed by atoms with E-state index in [1.54, 1.807) is 23.1 Å². The Hall–Kier alpha value is -1.43. The van der Waals surface area contributed by atoms with Crippen LogP contribution >= 0.6 is 34.7 Å². The molecule has 0 saturated carbocycles. The van der Waals surface area contributed by atoms with Crippen LogP contribution < -0.4 is 9.47 Å². The molecule has 0 radical (unpaired) electrons. The molecule has 21 heavy (non-hydrogen) atoms. The van der Waals surface area contributed by atoms with Gasteiger partial charge >= 0.3 is 0 Å². The maximum absolute atomic E-state index is 6.29. The van der Waals surface area contributed by atoms with Gasteiger partial charge in [-0.1, -0.05) is 35.5 Å². The van der Waals surface area contributed by atoms with Crippen molar-refractivity contribution in [3.63, 3.8) is 0 Å². The van der Waals surface area contributed by atoms with E-state index in [2.05, 4.69) is 11.1 Å². The summed E-state index contributed by atoms with van der Waals surface area (Å²) < 4.78 is 13.0. The first-order valence-electron chi connectivity index (χ1n) is 6.36. The molecule has 0 aliphatic carbocycles. The maximum Gasteiger partial charge on any atom is 0.231 e. The molecule has 106 valence electrons. The Kier molecular flexibility index (Phi) is 3.41. The average Bonchev–Trinajstić information content (AvgIpc) is 3.09. The number of fused-ring (bicyclic) bond motifs is 2. The monoisotopic (exact) mass is 335 g/mol. The van der Waals surface area contributed by atoms with E-state index in [4.69, 9.17) is 21.1 Å². The largest absolute Gasteiger partial charge is 0.454 e. The smallest absolute Gasteiger partial charge is 0.231 e. The summed E-state index contributed by atoms with van der Waals surface area (Å²) in [7, 11) is 0. The third-order valence-electron chi connectivity index (χ3n) is 3.17. The molecule has 1 aromatic heterocycles. The van der Waals surface area contributed by atoms with Crippen molar-refractivity contribution < 1.29 is 9.47 Å². The van der Waals surface area contributed by atoms with Crippen molar-refractivity contribution >= 4 is 44.9 Å². The molecule has 0 fully saturated rings. The van der Waals surface area contributed by atoms with Gasteiger partial charge in [-0.3, -0.25) is 0 Å². The van der Waals surface area contributed by atoms with E-state index in [0.29, 0.717) is 10.8 Å². The molecule has 0 unspecified atom stereocenters. The third kappa shape index (κ3) is 2.57. The number of rotatable bonds is 3. The summed E-state index contributed by atoms with van der Waals surface area (Å²) in [4.78, 5) is 4.61. The first kappa shape index (κ1) is 13.2. The number of aromatic nitrogens is 1. The Balaban J connectivity index is 1.56. The Morgan fingerprint density at radius 2 is 2.00 bits per heavy atom. The van der Waals surface area contributed by atoms with Crippen LogP contribution in [0.2, 0.25) is 5.02 Å². The summed E-state index contributed by atoms with van der Waals surface area (Å²) in [6.45, 7) is 0.264. The lowest BCUT2D eigenvalue weighted by atomic mass is 10.2. The second-order valence-corrected chi connectivity index (χ2v) is 7.19. The number of benzene rings is 2. The number of nitrogens with zero attached hydrogens (tertiary/aromatic N) is 1. The second kappa shape index (κ2) is 5.40. The van der Waals surface area contributed by atoms with Gasteiger partial charge in [-0.15, -0.1) is 11.3 Å². The molecule has 1 aliphatic rings. The molecule has 4 rings (SSSR count). The van der Waals surface area contributed by atoms with Crippen LogP contribution in [-0.2, 0) is 5.75 Å². The van der Waals surface area contributed by atoms with E-state index in [1.807, 2.05) is 30.3 Å². The number of para-hydroxylation sites is 1. The highest BCUT2D eigenvalue weighted by Crippen LogP contribution is 2.39. The van der Waals surface area contributed by atoms with Crippen molar-refractivity contribution in [3.8, 4) is 11.5 Å². The number of ether oxygens (including phenoxy) is 2. The van der Waals surface area contributed by atoms with Crippen LogP contribution in [0.25, 0.3) is 10.2 Å². The first-order chi connectivity index (χ1) is 10.3. The van der Waals surface area contributed by atoms with Crippen LogP contribution in [0.1, 0.15) is 5.56 Å². The maximum atomic E-state index is 6.29. The molecule has 0 bridgehead atoms. The SMILES string of the molecule is Clc1cc2c(cc1CSc1nc3ccccc3s1)OCO2. The first-order valence-corrected chi connectivity index (χ1v) is 8.54. The minimum absolute atomic E-state index is 0.264. The summed E-state index contributed by atoms with van der Waals surface area (Å²) in [5.74, 6) is 2.24. The molecule has 2 aromatic carbocycles. The zero-order valence-electron chi connectivity index (χ0n) is 10.8. The van der Waals surface area contributed by atoms with Crippen molar-refractivity contribution in [3.05, 3.63) is 47.0 Å². The van der Waals surface area contributed by atoms with E-state index < -0.39 is 0 Å². The molecule has 2 heterocycles. The lowest BCUT2D eigenvalue weighted by Gasteiger charge is -2.04. The van der Waals surface area contributed by atoms with Crippen LogP contribution in [-0.4, -0.2) is 11.8 Å². The fourth-order valence-corrected chi connectivity index (χ4v) is 4.48. The normalized spacial score (nSPS) is 13.0. The summed E-state index contributed by atoms with van der Waals surface area (Å²) >= 11 is 9.67. The van der Waals surface area contributed by atoms with E-state index in [0.717, 1.165) is 26.9 Å². The van der Waals surface area contributed by atoms with Gasteiger partial charge in [0.05, 0.1) is 10.2 Å². The van der Waals surface area contributed by atoms with E-state index in [-0.39, 0.29) is 6.79 Å². The minimum Gasteiger partial charge on any atom is -0.454 e. The van der Waals surface area contributed by atoms with Gasteiger partial charge < -0.3 is 9.47 Å². The van der Waals surface area contributed by atoms with Crippen molar-refractivity contribution in [2.75, 3.05) is 6.79 Å². The number of hydrogen-bond acceptors (Lipinski definition) is 5. The van der Waals surface area contributed by atoms with Gasteiger partial charge in [0.15, 0.2) is 15.8 Å². The van der Waals surface area contributed by atoms with E-state index >= 15 is 0 Å². The Morgan fingerprint density at radius 3 is 2.86 bits per heavy atom. The lowest BCUT2D eigenvalue weighted by molar-refractivity contribution is 0.174. The highest BCUT2D eigenvalue weighted by Gasteiger charge is 2.17. The van der Waals surface area contributed by atoms with Crippen LogP contribution in [0, 0.1) is 0 Å². The summed E-state index contributed by atoms with van der Waals surface area (Å²) in [6, 6.07) is 11.9. The molecule has 0 amide bonds. The number of thioether (sulfide) groups is 1. The standard InChI is InChI=1S/C15H10ClNO2S2/c16-10-6-13-12(18-8-19-13)5-9(10)7-20-15-17-11-3-1-2-4-14(11)21-15/h1-6H,7-8H2. The van der Waals surface area contributed by atoms with Crippen LogP contribution in [0.5, 0.6) is 11.5 Å². The Bertz CT molecular complexity index is 786. The van der Waals surface area contributed by atoms with Gasteiger partial charge in [0.25, 0.3) is 0 Å². The molecule has 3 aromatic rings. The van der Waals surface area contributed by atoms with E-state index in [1.165, 1.54) is 4.70 Å². The summed E-state index contributed by atoms with van der Waals surface area (Å²) in [5.41, 5.74) is 2.08. The summed E-state index contributed by atoms with van der Waals surface area (Å²) in [5, 5.41) is 0.702. The Morgan fingerprint density at radius 1 is 1.19 bits per heavy atom. The van der Waals surface area contributed by atoms with Crippen LogP contribution in [0.4, 0.5) is 0 Å². The molecule has 0 spiro atoms. The van der Waals surface area contributed by atoms with Gasteiger partial charge in [-0.2, -0.15) is 0 Å². The predicted octanol–water partition coefficient (Wildman–Crippen LogP) is 4.97. The molecule has 3 nitrogen and oxygen atoms in total. The fourth-order valence-electron chi connectivity index (χ4n) is 2.12. The van der Waals surface area contributed by atoms with E-state index in [9.17, 15) is 0 Å².